The monoisotopic (exact) mass is 542 g/mol. The van der Waals surface area contributed by atoms with Gasteiger partial charge in [-0.15, -0.1) is 0 Å². The number of aliphatic hydroxyl groups is 3. The van der Waals surface area contributed by atoms with Gasteiger partial charge in [0.2, 0.25) is 5.91 Å². The molecule has 0 aromatic rings. The molecule has 2 rings (SSSR count). The molecule has 6 N–H and O–H groups in total. The predicted molar refractivity (Wildman–Crippen MR) is 151 cm³/mol. The minimum Gasteiger partial charge on any atom is -0.389 e. The van der Waals surface area contributed by atoms with Crippen LogP contribution in [0.15, 0.2) is 0 Å². The second kappa shape index (κ2) is 18.6. The lowest BCUT2D eigenvalue weighted by Gasteiger charge is -2.41. The van der Waals surface area contributed by atoms with Crippen LogP contribution in [0.5, 0.6) is 0 Å². The van der Waals surface area contributed by atoms with Crippen molar-refractivity contribution in [2.24, 2.45) is 11.7 Å². The van der Waals surface area contributed by atoms with Gasteiger partial charge < -0.3 is 35.8 Å². The molecule has 2 fully saturated rings. The van der Waals surface area contributed by atoms with Crippen molar-refractivity contribution in [3.8, 4) is 0 Å². The number of hydrogen-bond acceptors (Lipinski definition) is 7. The van der Waals surface area contributed by atoms with E-state index in [4.69, 9.17) is 15.2 Å². The summed E-state index contributed by atoms with van der Waals surface area (Å²) in [6.45, 7) is 4.83. The summed E-state index contributed by atoms with van der Waals surface area (Å²) in [6, 6.07) is -0.859. The predicted octanol–water partition coefficient (Wildman–Crippen LogP) is 4.32. The second-order valence-electron chi connectivity index (χ2n) is 12.3. The van der Waals surface area contributed by atoms with Crippen LogP contribution < -0.4 is 11.1 Å². The molecule has 2 aliphatic heterocycles. The van der Waals surface area contributed by atoms with Gasteiger partial charge in [0.25, 0.3) is 0 Å². The highest BCUT2D eigenvalue weighted by Crippen LogP contribution is 2.29. The van der Waals surface area contributed by atoms with Gasteiger partial charge in [-0.1, -0.05) is 90.4 Å². The maximum atomic E-state index is 12.1. The third-order valence-electron chi connectivity index (χ3n) is 8.42. The van der Waals surface area contributed by atoms with Gasteiger partial charge in [0.1, 0.15) is 12.2 Å². The van der Waals surface area contributed by atoms with E-state index in [2.05, 4.69) is 12.2 Å². The van der Waals surface area contributed by atoms with Gasteiger partial charge in [0, 0.05) is 13.0 Å². The van der Waals surface area contributed by atoms with E-state index in [1.54, 1.807) is 0 Å². The Balaban J connectivity index is 1.89. The fourth-order valence-corrected chi connectivity index (χ4v) is 5.64. The van der Waals surface area contributed by atoms with E-state index in [0.717, 1.165) is 57.9 Å². The van der Waals surface area contributed by atoms with Crippen molar-refractivity contribution < 1.29 is 29.6 Å². The van der Waals surface area contributed by atoms with Crippen molar-refractivity contribution in [3.05, 3.63) is 0 Å². The van der Waals surface area contributed by atoms with Crippen LogP contribution in [0.2, 0.25) is 0 Å². The van der Waals surface area contributed by atoms with Crippen LogP contribution in [0.25, 0.3) is 0 Å². The molecule has 0 spiro atoms. The van der Waals surface area contributed by atoms with Gasteiger partial charge in [0.15, 0.2) is 6.29 Å². The Morgan fingerprint density at radius 1 is 0.895 bits per heavy atom. The van der Waals surface area contributed by atoms with Gasteiger partial charge in [-0.3, -0.25) is 4.79 Å². The lowest BCUT2D eigenvalue weighted by atomic mass is 9.88. The first kappa shape index (κ1) is 33.4. The summed E-state index contributed by atoms with van der Waals surface area (Å²) in [5, 5.41) is 34.6. The summed E-state index contributed by atoms with van der Waals surface area (Å²) in [7, 11) is 0. The molecule has 0 aromatic heterocycles. The number of carbonyl (C=O) groups is 1. The summed E-state index contributed by atoms with van der Waals surface area (Å²) < 4.78 is 11.8. The third-order valence-corrected chi connectivity index (χ3v) is 8.42. The highest BCUT2D eigenvalue weighted by atomic mass is 16.7. The molecule has 2 heterocycles. The zero-order valence-corrected chi connectivity index (χ0v) is 24.2. The molecule has 0 aliphatic carbocycles. The first-order valence-corrected chi connectivity index (χ1v) is 15.6. The van der Waals surface area contributed by atoms with Gasteiger partial charge in [0.05, 0.1) is 24.4 Å². The van der Waals surface area contributed by atoms with Gasteiger partial charge in [-0.05, 0) is 38.5 Å². The molecule has 0 radical (unpaired) electrons. The van der Waals surface area contributed by atoms with Crippen molar-refractivity contribution in [1.82, 2.24) is 5.32 Å². The van der Waals surface area contributed by atoms with E-state index in [9.17, 15) is 20.1 Å². The Morgan fingerprint density at radius 3 is 2.11 bits per heavy atom. The van der Waals surface area contributed by atoms with Gasteiger partial charge in [-0.2, -0.15) is 0 Å². The van der Waals surface area contributed by atoms with E-state index in [1.807, 2.05) is 6.92 Å². The standard InChI is InChI=1S/C30H58N2O6/c1-23-17-13-9-5-3-4-6-10-14-18-25(38-29-27(31)28(35)24(33)22-37-29)30(2,36)20-16-12-8-7-11-15-19-26(34)32-21-23/h23-25,27-29,33,35-36H,3-22,31H2,1-2H3,(H,32,34). The minimum atomic E-state index is -1.11. The maximum Gasteiger partial charge on any atom is 0.220 e. The highest BCUT2D eigenvalue weighted by Gasteiger charge is 2.41. The molecular weight excluding hydrogens is 484 g/mol. The summed E-state index contributed by atoms with van der Waals surface area (Å²) >= 11 is 0. The molecule has 0 bridgehead atoms. The van der Waals surface area contributed by atoms with Crippen molar-refractivity contribution in [2.75, 3.05) is 13.2 Å². The van der Waals surface area contributed by atoms with E-state index < -0.39 is 36.2 Å². The topological polar surface area (TPSA) is 134 Å². The Bertz CT molecular complexity index is 634. The summed E-state index contributed by atoms with van der Waals surface area (Å²) in [4.78, 5) is 12.1. The molecule has 7 unspecified atom stereocenters. The number of ether oxygens (including phenoxy) is 2. The molecule has 0 aromatic carbocycles. The van der Waals surface area contributed by atoms with Crippen molar-refractivity contribution in [1.29, 1.82) is 0 Å². The molecule has 1 amide bonds. The van der Waals surface area contributed by atoms with Crippen LogP contribution in [-0.4, -0.2) is 70.6 Å². The first-order valence-electron chi connectivity index (χ1n) is 15.6. The number of amides is 1. The number of rotatable bonds is 2. The molecule has 0 saturated carbocycles. The normalized spacial score (nSPS) is 37.6. The van der Waals surface area contributed by atoms with Crippen LogP contribution in [0.3, 0.4) is 0 Å². The second-order valence-corrected chi connectivity index (χ2v) is 12.3. The van der Waals surface area contributed by atoms with Crippen molar-refractivity contribution in [3.63, 3.8) is 0 Å². The van der Waals surface area contributed by atoms with E-state index in [1.165, 1.54) is 44.9 Å². The van der Waals surface area contributed by atoms with Crippen LogP contribution >= 0.6 is 0 Å². The van der Waals surface area contributed by atoms with E-state index in [-0.39, 0.29) is 12.5 Å². The Kier molecular flexibility index (Phi) is 16.3. The minimum absolute atomic E-state index is 0.0328. The Hall–Kier alpha value is -0.770. The fourth-order valence-electron chi connectivity index (χ4n) is 5.64. The smallest absolute Gasteiger partial charge is 0.220 e. The summed E-state index contributed by atoms with van der Waals surface area (Å²) in [6.07, 6.45) is 15.1. The first-order chi connectivity index (χ1) is 18.2. The Labute approximate surface area is 231 Å². The molecule has 224 valence electrons. The van der Waals surface area contributed by atoms with Crippen molar-refractivity contribution in [2.45, 2.75) is 166 Å². The number of aliphatic hydroxyl groups excluding tert-OH is 2. The highest BCUT2D eigenvalue weighted by molar-refractivity contribution is 5.75. The molecule has 8 nitrogen and oxygen atoms in total. The largest absolute Gasteiger partial charge is 0.389 e. The van der Waals surface area contributed by atoms with Crippen LogP contribution in [0.1, 0.15) is 129 Å². The molecule has 2 aliphatic rings. The lowest BCUT2D eigenvalue weighted by molar-refractivity contribution is -0.265. The van der Waals surface area contributed by atoms with E-state index >= 15 is 0 Å². The lowest BCUT2D eigenvalue weighted by Crippen LogP contribution is -2.60. The third kappa shape index (κ3) is 13.1. The van der Waals surface area contributed by atoms with Crippen molar-refractivity contribution >= 4 is 5.91 Å². The van der Waals surface area contributed by atoms with Gasteiger partial charge in [-0.25, -0.2) is 0 Å². The summed E-state index contributed by atoms with van der Waals surface area (Å²) in [5.74, 6) is 0.718. The quantitative estimate of drug-likeness (QED) is 0.351. The number of nitrogens with one attached hydrogen (secondary N) is 1. The number of carbonyl (C=O) groups excluding carboxylic acids is 1. The number of hydrogen-bond donors (Lipinski definition) is 5. The van der Waals surface area contributed by atoms with E-state index in [0.29, 0.717) is 25.2 Å². The fraction of sp³-hybridized carbons (Fsp3) is 0.967. The molecule has 7 atom stereocenters. The van der Waals surface area contributed by atoms with Crippen LogP contribution in [0.4, 0.5) is 0 Å². The molecule has 2 saturated heterocycles. The van der Waals surface area contributed by atoms with Crippen LogP contribution in [0, 0.1) is 5.92 Å². The Morgan fingerprint density at radius 2 is 1.45 bits per heavy atom. The average Bonchev–Trinajstić information content (AvgIpc) is 2.88. The zero-order valence-electron chi connectivity index (χ0n) is 24.2. The zero-order chi connectivity index (χ0) is 27.8. The molecular formula is C30H58N2O6. The van der Waals surface area contributed by atoms with Crippen LogP contribution in [-0.2, 0) is 14.3 Å². The number of nitrogens with two attached hydrogens (primary N) is 1. The average molecular weight is 543 g/mol. The maximum absolute atomic E-state index is 12.1. The van der Waals surface area contributed by atoms with Gasteiger partial charge >= 0.3 is 0 Å². The molecule has 38 heavy (non-hydrogen) atoms. The SMILES string of the molecule is CC1CCCCCCCCCCC(OC2OCC(O)C(O)C2N)C(C)(O)CCCCCCCCC(=O)NC1. The molecule has 8 heteroatoms. The summed E-state index contributed by atoms with van der Waals surface area (Å²) in [5.41, 5.74) is 5.07.